The molecule has 1 aliphatic heterocycles. The van der Waals surface area contributed by atoms with Crippen molar-refractivity contribution in [2.75, 3.05) is 16.4 Å². The molecule has 2 heterocycles. The molecular weight excluding hydrogens is 397 g/mol. The number of para-hydroxylation sites is 1. The van der Waals surface area contributed by atoms with Crippen LogP contribution in [0.1, 0.15) is 12.0 Å². The first-order valence-electron chi connectivity index (χ1n) is 8.42. The number of alkyl halides is 3. The maximum Gasteiger partial charge on any atom is 0.417 e. The lowest BCUT2D eigenvalue weighted by atomic mass is 10.1. The highest BCUT2D eigenvalue weighted by atomic mass is 32.2. The van der Waals surface area contributed by atoms with Gasteiger partial charge in [-0.2, -0.15) is 13.2 Å². The second-order valence-corrected chi connectivity index (χ2v) is 8.77. The van der Waals surface area contributed by atoms with Crippen LogP contribution in [-0.4, -0.2) is 36.4 Å². The lowest BCUT2D eigenvalue weighted by Gasteiger charge is -2.28. The van der Waals surface area contributed by atoms with Crippen molar-refractivity contribution in [1.29, 1.82) is 0 Å². The fourth-order valence-corrected chi connectivity index (χ4v) is 4.87. The standard InChI is InChI=1S/C18H17F3N2O4S/c19-18(20,21)13-6-7-16(24)22(10-13)11-17(25)23(14-4-2-1-3-5-14)15-8-9-28(26,27)12-15/h1-7,10,15H,8-9,11-12H2. The number of hydrogen-bond acceptors (Lipinski definition) is 4. The van der Waals surface area contributed by atoms with Crippen molar-refractivity contribution in [3.8, 4) is 0 Å². The maximum atomic E-state index is 12.9. The molecule has 150 valence electrons. The molecule has 0 aliphatic carbocycles. The average Bonchev–Trinajstić information content (AvgIpc) is 2.96. The Labute approximate surface area is 159 Å². The van der Waals surface area contributed by atoms with Gasteiger partial charge < -0.3 is 9.47 Å². The molecular formula is C18H17F3N2O4S. The Morgan fingerprint density at radius 3 is 2.39 bits per heavy atom. The zero-order valence-electron chi connectivity index (χ0n) is 14.6. The largest absolute Gasteiger partial charge is 0.417 e. The lowest BCUT2D eigenvalue weighted by molar-refractivity contribution is -0.138. The molecule has 6 nitrogen and oxygen atoms in total. The summed E-state index contributed by atoms with van der Waals surface area (Å²) in [5.41, 5.74) is -1.38. The molecule has 0 bridgehead atoms. The third-order valence-electron chi connectivity index (χ3n) is 4.49. The van der Waals surface area contributed by atoms with E-state index in [9.17, 15) is 31.2 Å². The number of anilines is 1. The third kappa shape index (κ3) is 4.44. The quantitative estimate of drug-likeness (QED) is 0.768. The van der Waals surface area contributed by atoms with Gasteiger partial charge in [-0.25, -0.2) is 8.42 Å². The molecule has 0 spiro atoms. The minimum atomic E-state index is -4.66. The van der Waals surface area contributed by atoms with E-state index < -0.39 is 45.6 Å². The summed E-state index contributed by atoms with van der Waals surface area (Å²) in [5.74, 6) is -0.960. The van der Waals surface area contributed by atoms with Gasteiger partial charge in [0.15, 0.2) is 9.84 Å². The predicted molar refractivity (Wildman–Crippen MR) is 96.7 cm³/mol. The molecule has 0 radical (unpaired) electrons. The molecule has 1 aliphatic rings. The van der Waals surface area contributed by atoms with Crippen LogP contribution >= 0.6 is 0 Å². The number of carbonyl (C=O) groups excluding carboxylic acids is 1. The Morgan fingerprint density at radius 2 is 1.82 bits per heavy atom. The monoisotopic (exact) mass is 414 g/mol. The van der Waals surface area contributed by atoms with E-state index in [1.54, 1.807) is 30.3 Å². The average molecular weight is 414 g/mol. The Morgan fingerprint density at radius 1 is 1.14 bits per heavy atom. The van der Waals surface area contributed by atoms with Gasteiger partial charge in [0.05, 0.1) is 23.1 Å². The van der Waals surface area contributed by atoms with E-state index in [1.165, 1.54) is 4.90 Å². The number of benzene rings is 1. The van der Waals surface area contributed by atoms with Gasteiger partial charge in [-0.1, -0.05) is 18.2 Å². The van der Waals surface area contributed by atoms with Crippen LogP contribution in [0.3, 0.4) is 0 Å². The highest BCUT2D eigenvalue weighted by Crippen LogP contribution is 2.28. The topological polar surface area (TPSA) is 76.5 Å². The Balaban J connectivity index is 1.94. The number of nitrogens with zero attached hydrogens (tertiary/aromatic N) is 2. The van der Waals surface area contributed by atoms with Crippen molar-refractivity contribution >= 4 is 21.4 Å². The summed E-state index contributed by atoms with van der Waals surface area (Å²) in [5, 5.41) is 0. The van der Waals surface area contributed by atoms with Gasteiger partial charge in [0, 0.05) is 18.0 Å². The number of rotatable bonds is 4. The van der Waals surface area contributed by atoms with Crippen LogP contribution < -0.4 is 10.5 Å². The van der Waals surface area contributed by atoms with Crippen molar-refractivity contribution in [1.82, 2.24) is 4.57 Å². The molecule has 0 N–H and O–H groups in total. The van der Waals surface area contributed by atoms with Crippen LogP contribution in [0.15, 0.2) is 53.5 Å². The van der Waals surface area contributed by atoms with Gasteiger partial charge in [-0.3, -0.25) is 9.59 Å². The van der Waals surface area contributed by atoms with Gasteiger partial charge in [-0.05, 0) is 24.6 Å². The maximum absolute atomic E-state index is 12.9. The Bertz CT molecular complexity index is 1030. The molecule has 2 aromatic rings. The van der Waals surface area contributed by atoms with E-state index in [0.29, 0.717) is 22.5 Å². The zero-order valence-corrected chi connectivity index (χ0v) is 15.4. The molecule has 1 fully saturated rings. The summed E-state index contributed by atoms with van der Waals surface area (Å²) in [6.07, 6.45) is -3.84. The smallest absolute Gasteiger partial charge is 0.307 e. The van der Waals surface area contributed by atoms with E-state index in [4.69, 9.17) is 0 Å². The molecule has 1 saturated heterocycles. The molecule has 28 heavy (non-hydrogen) atoms. The van der Waals surface area contributed by atoms with Gasteiger partial charge in [-0.15, -0.1) is 0 Å². The number of halogens is 3. The summed E-state index contributed by atoms with van der Waals surface area (Å²) in [4.78, 5) is 26.1. The van der Waals surface area contributed by atoms with E-state index in [2.05, 4.69) is 0 Å². The van der Waals surface area contributed by atoms with Crippen molar-refractivity contribution in [3.63, 3.8) is 0 Å². The van der Waals surface area contributed by atoms with Crippen molar-refractivity contribution in [2.45, 2.75) is 25.2 Å². The van der Waals surface area contributed by atoms with Crippen molar-refractivity contribution in [2.24, 2.45) is 0 Å². The van der Waals surface area contributed by atoms with Crippen LogP contribution in [0, 0.1) is 0 Å². The van der Waals surface area contributed by atoms with Crippen LogP contribution in [0.5, 0.6) is 0 Å². The fourth-order valence-electron chi connectivity index (χ4n) is 3.17. The number of amides is 1. The van der Waals surface area contributed by atoms with Crippen LogP contribution in [0.25, 0.3) is 0 Å². The first-order chi connectivity index (χ1) is 13.1. The van der Waals surface area contributed by atoms with Crippen molar-refractivity contribution < 1.29 is 26.4 Å². The molecule has 3 rings (SSSR count). The number of sulfone groups is 1. The zero-order chi connectivity index (χ0) is 20.5. The van der Waals surface area contributed by atoms with E-state index in [0.717, 1.165) is 6.07 Å². The third-order valence-corrected chi connectivity index (χ3v) is 6.24. The summed E-state index contributed by atoms with van der Waals surface area (Å²) in [7, 11) is -3.30. The minimum Gasteiger partial charge on any atom is -0.307 e. The number of aromatic nitrogens is 1. The summed E-state index contributed by atoms with van der Waals surface area (Å²) >= 11 is 0. The molecule has 1 aromatic carbocycles. The first kappa shape index (κ1) is 20.1. The summed E-state index contributed by atoms with van der Waals surface area (Å²) in [6.45, 7) is -0.631. The highest BCUT2D eigenvalue weighted by Gasteiger charge is 2.36. The van der Waals surface area contributed by atoms with E-state index in [-0.39, 0.29) is 17.9 Å². The minimum absolute atomic E-state index is 0.0716. The molecule has 10 heteroatoms. The second kappa shape index (κ2) is 7.42. The summed E-state index contributed by atoms with van der Waals surface area (Å²) in [6, 6.07) is 9.03. The number of carbonyl (C=O) groups is 1. The first-order valence-corrected chi connectivity index (χ1v) is 10.2. The van der Waals surface area contributed by atoms with Gasteiger partial charge in [0.25, 0.3) is 5.56 Å². The highest BCUT2D eigenvalue weighted by molar-refractivity contribution is 7.91. The predicted octanol–water partition coefficient (Wildman–Crippen LogP) is 2.09. The van der Waals surface area contributed by atoms with Crippen molar-refractivity contribution in [3.05, 3.63) is 64.6 Å². The molecule has 1 aromatic heterocycles. The Hall–Kier alpha value is -2.62. The molecule has 1 amide bonds. The van der Waals surface area contributed by atoms with Gasteiger partial charge in [0.2, 0.25) is 5.91 Å². The number of hydrogen-bond donors (Lipinski definition) is 0. The summed E-state index contributed by atoms with van der Waals surface area (Å²) < 4.78 is 63.1. The Kier molecular flexibility index (Phi) is 5.33. The molecule has 1 atom stereocenters. The normalized spacial score (nSPS) is 18.8. The number of pyridine rings is 1. The lowest BCUT2D eigenvalue weighted by Crippen LogP contribution is -2.44. The van der Waals surface area contributed by atoms with Gasteiger partial charge in [0.1, 0.15) is 6.54 Å². The SMILES string of the molecule is O=C(Cn1cc(C(F)(F)F)ccc1=O)N(c1ccccc1)C1CCS(=O)(=O)C1. The molecule has 0 saturated carbocycles. The van der Waals surface area contributed by atoms with E-state index >= 15 is 0 Å². The second-order valence-electron chi connectivity index (χ2n) is 6.54. The van der Waals surface area contributed by atoms with Crippen LogP contribution in [-0.2, 0) is 27.4 Å². The van der Waals surface area contributed by atoms with E-state index in [1.807, 2.05) is 0 Å². The fraction of sp³-hybridized carbons (Fsp3) is 0.333. The van der Waals surface area contributed by atoms with Gasteiger partial charge >= 0.3 is 6.18 Å². The van der Waals surface area contributed by atoms with Crippen LogP contribution in [0.4, 0.5) is 18.9 Å². The molecule has 1 unspecified atom stereocenters. The van der Waals surface area contributed by atoms with Crippen LogP contribution in [0.2, 0.25) is 0 Å².